The van der Waals surface area contributed by atoms with Gasteiger partial charge in [0.05, 0.1) is 12.2 Å². The predicted molar refractivity (Wildman–Crippen MR) is 91.9 cm³/mol. The first-order valence-corrected chi connectivity index (χ1v) is 7.93. The van der Waals surface area contributed by atoms with E-state index in [1.165, 1.54) is 6.20 Å². The number of carbonyl (C=O) groups excluding carboxylic acids is 1. The summed E-state index contributed by atoms with van der Waals surface area (Å²) in [6.07, 6.45) is 5.06. The molecule has 0 aliphatic carbocycles. The molecule has 5 nitrogen and oxygen atoms in total. The molecule has 1 aromatic heterocycles. The van der Waals surface area contributed by atoms with E-state index in [9.17, 15) is 10.1 Å². The third kappa shape index (κ3) is 3.44. The maximum Gasteiger partial charge on any atom is 0.270 e. The van der Waals surface area contributed by atoms with E-state index in [1.807, 2.05) is 48.5 Å². The standard InChI is InChI=1S/C19H18N4O/c20-12-16(13-21-14-17-8-3-4-10-22-17)19(24)23-11-5-7-15-6-1-2-9-18(15)23/h1-4,6,8-10,13,21H,5,7,11,14H2/b16-13-. The second-order valence-electron chi connectivity index (χ2n) is 5.56. The van der Waals surface area contributed by atoms with Gasteiger partial charge in [0.15, 0.2) is 0 Å². The molecular weight excluding hydrogens is 300 g/mol. The van der Waals surface area contributed by atoms with Gasteiger partial charge in [0.25, 0.3) is 5.91 Å². The minimum atomic E-state index is -0.266. The number of fused-ring (bicyclic) bond motifs is 1. The van der Waals surface area contributed by atoms with Crippen LogP contribution in [0.4, 0.5) is 5.69 Å². The molecule has 5 heteroatoms. The number of pyridine rings is 1. The Kier molecular flexibility index (Phi) is 4.87. The van der Waals surface area contributed by atoms with Crippen molar-refractivity contribution >= 4 is 11.6 Å². The summed E-state index contributed by atoms with van der Waals surface area (Å²) in [6, 6.07) is 15.5. The molecule has 1 aromatic carbocycles. The molecule has 120 valence electrons. The molecule has 0 spiro atoms. The Balaban J connectivity index is 1.73. The van der Waals surface area contributed by atoms with Gasteiger partial charge < -0.3 is 10.2 Å². The van der Waals surface area contributed by atoms with E-state index in [2.05, 4.69) is 10.3 Å². The number of anilines is 1. The maximum atomic E-state index is 12.7. The van der Waals surface area contributed by atoms with Crippen molar-refractivity contribution in [1.82, 2.24) is 10.3 Å². The third-order valence-corrected chi connectivity index (χ3v) is 3.96. The Labute approximate surface area is 141 Å². The van der Waals surface area contributed by atoms with E-state index in [0.717, 1.165) is 29.8 Å². The van der Waals surface area contributed by atoms with Gasteiger partial charge in [-0.15, -0.1) is 0 Å². The predicted octanol–water partition coefficient (Wildman–Crippen LogP) is 2.56. The van der Waals surface area contributed by atoms with Crippen LogP contribution in [0.15, 0.2) is 60.4 Å². The summed E-state index contributed by atoms with van der Waals surface area (Å²) in [5.41, 5.74) is 3.00. The zero-order valence-electron chi connectivity index (χ0n) is 13.3. The molecule has 1 amide bonds. The van der Waals surface area contributed by atoms with Crippen LogP contribution >= 0.6 is 0 Å². The van der Waals surface area contributed by atoms with Gasteiger partial charge in [-0.2, -0.15) is 5.26 Å². The van der Waals surface area contributed by atoms with Crippen LogP contribution in [-0.2, 0) is 17.8 Å². The number of carbonyl (C=O) groups is 1. The first-order chi connectivity index (χ1) is 11.8. The first-order valence-electron chi connectivity index (χ1n) is 7.93. The van der Waals surface area contributed by atoms with E-state index in [1.54, 1.807) is 11.1 Å². The number of aryl methyl sites for hydroxylation is 1. The topological polar surface area (TPSA) is 69.0 Å². The normalized spacial score (nSPS) is 13.8. The molecule has 2 aromatic rings. The summed E-state index contributed by atoms with van der Waals surface area (Å²) in [6.45, 7) is 1.10. The molecule has 0 radical (unpaired) electrons. The van der Waals surface area contributed by atoms with Crippen LogP contribution in [0.3, 0.4) is 0 Å². The molecule has 24 heavy (non-hydrogen) atoms. The Morgan fingerprint density at radius 1 is 1.29 bits per heavy atom. The monoisotopic (exact) mass is 318 g/mol. The lowest BCUT2D eigenvalue weighted by molar-refractivity contribution is -0.114. The van der Waals surface area contributed by atoms with Crippen molar-refractivity contribution in [3.05, 3.63) is 71.7 Å². The highest BCUT2D eigenvalue weighted by Gasteiger charge is 2.24. The Morgan fingerprint density at radius 2 is 2.12 bits per heavy atom. The van der Waals surface area contributed by atoms with Crippen molar-refractivity contribution in [3.8, 4) is 6.07 Å². The van der Waals surface area contributed by atoms with Crippen molar-refractivity contribution in [2.45, 2.75) is 19.4 Å². The number of hydrogen-bond donors (Lipinski definition) is 1. The molecule has 1 aliphatic heterocycles. The summed E-state index contributed by atoms with van der Waals surface area (Å²) in [7, 11) is 0. The van der Waals surface area contributed by atoms with Crippen molar-refractivity contribution < 1.29 is 4.79 Å². The Hall–Kier alpha value is -3.13. The van der Waals surface area contributed by atoms with E-state index in [0.29, 0.717) is 13.1 Å². The number of nitrogens with zero attached hydrogens (tertiary/aromatic N) is 3. The lowest BCUT2D eigenvalue weighted by Gasteiger charge is -2.29. The van der Waals surface area contributed by atoms with Crippen LogP contribution in [-0.4, -0.2) is 17.4 Å². The minimum Gasteiger partial charge on any atom is -0.384 e. The van der Waals surface area contributed by atoms with E-state index in [-0.39, 0.29) is 11.5 Å². The van der Waals surface area contributed by atoms with Gasteiger partial charge in [-0.1, -0.05) is 24.3 Å². The lowest BCUT2D eigenvalue weighted by atomic mass is 10.0. The van der Waals surface area contributed by atoms with Gasteiger partial charge in [0.2, 0.25) is 0 Å². The second kappa shape index (κ2) is 7.42. The summed E-state index contributed by atoms with van der Waals surface area (Å²) < 4.78 is 0. The van der Waals surface area contributed by atoms with Crippen molar-refractivity contribution in [3.63, 3.8) is 0 Å². The average Bonchev–Trinajstić information content (AvgIpc) is 2.65. The van der Waals surface area contributed by atoms with Gasteiger partial charge in [0.1, 0.15) is 11.6 Å². The molecule has 1 N–H and O–H groups in total. The SMILES string of the molecule is N#C/C(=C/NCc1ccccn1)C(=O)N1CCCc2ccccc21. The molecule has 3 rings (SSSR count). The number of nitriles is 1. The summed E-state index contributed by atoms with van der Waals surface area (Å²) in [5, 5.41) is 12.4. The highest BCUT2D eigenvalue weighted by Crippen LogP contribution is 2.27. The van der Waals surface area contributed by atoms with Crippen LogP contribution in [0.1, 0.15) is 17.7 Å². The number of para-hydroxylation sites is 1. The van der Waals surface area contributed by atoms with Crippen molar-refractivity contribution in [2.75, 3.05) is 11.4 Å². The Morgan fingerprint density at radius 3 is 2.92 bits per heavy atom. The molecule has 2 heterocycles. The Bertz CT molecular complexity index is 793. The molecule has 1 aliphatic rings. The van der Waals surface area contributed by atoms with Crippen LogP contribution in [0, 0.1) is 11.3 Å². The summed E-state index contributed by atoms with van der Waals surface area (Å²) >= 11 is 0. The van der Waals surface area contributed by atoms with Gasteiger partial charge in [-0.05, 0) is 36.6 Å². The number of hydrogen-bond acceptors (Lipinski definition) is 4. The fourth-order valence-corrected chi connectivity index (χ4v) is 2.79. The smallest absolute Gasteiger partial charge is 0.270 e. The molecule has 0 saturated carbocycles. The fraction of sp³-hybridized carbons (Fsp3) is 0.211. The van der Waals surface area contributed by atoms with Gasteiger partial charge in [-0.3, -0.25) is 9.78 Å². The van der Waals surface area contributed by atoms with E-state index >= 15 is 0 Å². The number of rotatable bonds is 4. The van der Waals surface area contributed by atoms with Crippen LogP contribution in [0.2, 0.25) is 0 Å². The van der Waals surface area contributed by atoms with Crippen molar-refractivity contribution in [1.29, 1.82) is 5.26 Å². The number of nitrogens with one attached hydrogen (secondary N) is 1. The van der Waals surface area contributed by atoms with Crippen LogP contribution in [0.25, 0.3) is 0 Å². The van der Waals surface area contributed by atoms with Gasteiger partial charge in [-0.25, -0.2) is 0 Å². The van der Waals surface area contributed by atoms with Crippen LogP contribution in [0.5, 0.6) is 0 Å². The first kappa shape index (κ1) is 15.8. The van der Waals surface area contributed by atoms with E-state index in [4.69, 9.17) is 0 Å². The number of amides is 1. The number of benzene rings is 1. The van der Waals surface area contributed by atoms with Gasteiger partial charge >= 0.3 is 0 Å². The highest BCUT2D eigenvalue weighted by atomic mass is 16.2. The zero-order valence-corrected chi connectivity index (χ0v) is 13.3. The highest BCUT2D eigenvalue weighted by molar-refractivity contribution is 6.08. The molecule has 0 saturated heterocycles. The zero-order chi connectivity index (χ0) is 16.8. The molecule has 0 bridgehead atoms. The second-order valence-corrected chi connectivity index (χ2v) is 5.56. The minimum absolute atomic E-state index is 0.0997. The quantitative estimate of drug-likeness (QED) is 0.695. The van der Waals surface area contributed by atoms with Crippen LogP contribution < -0.4 is 10.2 Å². The lowest BCUT2D eigenvalue weighted by Crippen LogP contribution is -2.36. The maximum absolute atomic E-state index is 12.7. The molecule has 0 fully saturated rings. The molecule has 0 atom stereocenters. The third-order valence-electron chi connectivity index (χ3n) is 3.96. The fourth-order valence-electron chi connectivity index (χ4n) is 2.79. The largest absolute Gasteiger partial charge is 0.384 e. The summed E-state index contributed by atoms with van der Waals surface area (Å²) in [4.78, 5) is 18.6. The van der Waals surface area contributed by atoms with E-state index < -0.39 is 0 Å². The van der Waals surface area contributed by atoms with Gasteiger partial charge in [0, 0.05) is 24.6 Å². The van der Waals surface area contributed by atoms with Crippen molar-refractivity contribution in [2.24, 2.45) is 0 Å². The number of aromatic nitrogens is 1. The average molecular weight is 318 g/mol. The molecule has 0 unspecified atom stereocenters. The molecular formula is C19H18N4O. The summed E-state index contributed by atoms with van der Waals surface area (Å²) in [5.74, 6) is -0.266.